The summed E-state index contributed by atoms with van der Waals surface area (Å²) in [7, 11) is 2.23. The molecular weight excluding hydrogens is 1290 g/mol. The first-order valence-corrected chi connectivity index (χ1v) is 31.5. The predicted molar refractivity (Wildman–Crippen MR) is 335 cm³/mol. The summed E-state index contributed by atoms with van der Waals surface area (Å²) >= 11 is 0. The number of amidine groups is 2. The number of rotatable bonds is 38. The number of cyclic esters (lactones) is 4. The minimum atomic E-state index is -1.53. The van der Waals surface area contributed by atoms with Crippen molar-refractivity contribution in [2.75, 3.05) is 120 Å². The molecule has 0 unspecified atom stereocenters. The Balaban J connectivity index is 1.38. The molecule has 3 N–H and O–H groups in total. The van der Waals surface area contributed by atoms with Crippen molar-refractivity contribution in [3.8, 4) is 12.3 Å². The van der Waals surface area contributed by atoms with Crippen LogP contribution in [0.25, 0.3) is 0 Å². The molecule has 4 aliphatic heterocycles. The predicted octanol–water partition coefficient (Wildman–Crippen LogP) is 3.07. The molecule has 2 saturated heterocycles. The summed E-state index contributed by atoms with van der Waals surface area (Å²) in [6, 6.07) is -3.26. The lowest BCUT2D eigenvalue weighted by Gasteiger charge is -2.40. The number of amides is 4. The minimum absolute atomic E-state index is 0.00307. The van der Waals surface area contributed by atoms with Gasteiger partial charge in [-0.3, -0.25) is 39.8 Å². The Labute approximate surface area is 563 Å². The molecule has 0 spiro atoms. The van der Waals surface area contributed by atoms with Gasteiger partial charge in [0.05, 0.1) is 98.2 Å². The fourth-order valence-corrected chi connectivity index (χ4v) is 9.47. The highest BCUT2D eigenvalue weighted by atomic mass is 16.8. The summed E-state index contributed by atoms with van der Waals surface area (Å²) in [6.07, 6.45) is -4.17. The van der Waals surface area contributed by atoms with Gasteiger partial charge in [-0.2, -0.15) is 0 Å². The number of esters is 4. The van der Waals surface area contributed by atoms with Gasteiger partial charge in [-0.1, -0.05) is 12.8 Å². The topological polar surface area (TPSA) is 401 Å². The molecule has 4 heterocycles. The first-order valence-electron chi connectivity index (χ1n) is 31.5. The minimum Gasteiger partial charge on any atom is -0.479 e. The average Bonchev–Trinajstić information content (AvgIpc) is 1.74. The number of hydrogen-bond acceptors (Lipinski definition) is 30. The van der Waals surface area contributed by atoms with E-state index in [0.717, 1.165) is 14.2 Å². The van der Waals surface area contributed by atoms with Crippen molar-refractivity contribution in [2.24, 2.45) is 15.9 Å². The lowest BCUT2D eigenvalue weighted by molar-refractivity contribution is -0.172. The van der Waals surface area contributed by atoms with Crippen LogP contribution in [0, 0.1) is 18.3 Å². The fraction of sp³-hybridized carbons (Fsp3) is 0.714. The molecule has 544 valence electrons. The molecule has 0 saturated carbocycles. The molecule has 0 aromatic carbocycles. The highest BCUT2D eigenvalue weighted by Crippen LogP contribution is 2.34. The first-order chi connectivity index (χ1) is 46.0. The second kappa shape index (κ2) is 41.7. The Kier molecular flexibility index (Phi) is 34.8. The number of alkyl carbamates (subject to hydrolysis) is 2. The van der Waals surface area contributed by atoms with E-state index in [0.29, 0.717) is 26.4 Å². The Hall–Kier alpha value is -8.36. The molecule has 0 bridgehead atoms. The third-order valence-electron chi connectivity index (χ3n) is 13.7. The van der Waals surface area contributed by atoms with Crippen molar-refractivity contribution in [1.29, 1.82) is 0 Å². The van der Waals surface area contributed by atoms with Gasteiger partial charge >= 0.3 is 48.4 Å². The largest absolute Gasteiger partial charge is 0.508 e. The van der Waals surface area contributed by atoms with Crippen LogP contribution in [-0.2, 0) is 114 Å². The number of ether oxygens (including phenoxy) is 18. The summed E-state index contributed by atoms with van der Waals surface area (Å²) in [4.78, 5) is 140. The zero-order valence-corrected chi connectivity index (χ0v) is 57.1. The van der Waals surface area contributed by atoms with E-state index in [4.69, 9.17) is 91.7 Å². The molecular formula is C63H94N6O28. The molecule has 4 rings (SSSR count). The maximum atomic E-state index is 13.7. The number of aliphatic imine (C=N–C) groups is 2. The van der Waals surface area contributed by atoms with Crippen LogP contribution < -0.4 is 16.0 Å². The van der Waals surface area contributed by atoms with E-state index in [-0.39, 0.29) is 128 Å². The number of hydrogen-bond donors (Lipinski definition) is 3. The molecule has 34 nitrogen and oxygen atoms in total. The van der Waals surface area contributed by atoms with Crippen molar-refractivity contribution in [2.45, 2.75) is 167 Å². The van der Waals surface area contributed by atoms with Gasteiger partial charge in [0.25, 0.3) is 0 Å². The highest BCUT2D eigenvalue weighted by molar-refractivity contribution is 5.95. The van der Waals surface area contributed by atoms with E-state index < -0.39 is 139 Å². The molecule has 2 fully saturated rings. The SMILES string of the molecule is C#CCOCCOCCOCCOCCC(=O)N(CCOCCCC(=O)O[C@@H]([C@@H]1OC(C(=O)OC)=C[C@H](N=C(C)NC(=O)OC(C)(C)C)[C@H]1C)[C@H]1COC(=O)O1)CCOCCCC(=O)O[C@@H]([C@@H]1OC(C(=O)OC)=C[C@H](N=C(C)NC(=O)OC(C)(C)C)[C@H]1NC(C)=O)[C@H]1COC(=O)O1. The van der Waals surface area contributed by atoms with Gasteiger partial charge < -0.3 is 95.5 Å². The molecule has 0 aromatic heterocycles. The number of nitrogens with one attached hydrogen (secondary N) is 3. The van der Waals surface area contributed by atoms with E-state index in [1.165, 1.54) is 37.8 Å². The number of carbonyl (C=O) groups is 10. The number of nitrogens with zero attached hydrogens (tertiary/aromatic N) is 3. The van der Waals surface area contributed by atoms with Gasteiger partial charge in [0.1, 0.15) is 48.8 Å². The number of methoxy groups -OCH3 is 2. The standard InChI is InChI=1S/C63H94N6O28/c1-14-22-82-28-30-86-32-33-87-31-29-85-25-19-48(71)69(20-26-83-23-15-17-49(72)94-53(46-36-88-60(78)92-46)52-38(2)42(34-44(90-52)56(74)80-12)64-39(3)66-58(76)96-62(6,7)8)21-27-84-24-16-18-50(73)95-54(47-37-89-61(79)93-47)55-51(68-41(5)70)43(35-45(91-55)57(75)81-13)65-40(4)67-59(77)97-63(9,10)11/h1,34-35,38,42-43,46-47,51-55H,15-33,36-37H2,2-13H3,(H,68,70)(H,64,66,76)(H,65,67,77)/t38-,42+,43+,46-,47-,51-,52-,53-,54-,55-/m1/s1. The lowest BCUT2D eigenvalue weighted by atomic mass is 9.87. The third kappa shape index (κ3) is 30.7. The molecule has 10 atom stereocenters. The highest BCUT2D eigenvalue weighted by Gasteiger charge is 2.51. The average molecular weight is 1380 g/mol. The van der Waals surface area contributed by atoms with Crippen LogP contribution in [0.2, 0.25) is 0 Å². The molecule has 34 heteroatoms. The van der Waals surface area contributed by atoms with Crippen LogP contribution in [0.5, 0.6) is 0 Å². The molecule has 0 aliphatic carbocycles. The Morgan fingerprint density at radius 2 is 1.01 bits per heavy atom. The van der Waals surface area contributed by atoms with E-state index in [1.807, 2.05) is 0 Å². The van der Waals surface area contributed by atoms with Gasteiger partial charge in [0.15, 0.2) is 30.5 Å². The van der Waals surface area contributed by atoms with E-state index in [2.05, 4.69) is 31.9 Å². The number of carbonyl (C=O) groups excluding carboxylic acids is 10. The van der Waals surface area contributed by atoms with Gasteiger partial charge in [-0.25, -0.2) is 28.8 Å². The van der Waals surface area contributed by atoms with Crippen LogP contribution in [0.3, 0.4) is 0 Å². The van der Waals surface area contributed by atoms with Gasteiger partial charge in [-0.05, 0) is 80.4 Å². The van der Waals surface area contributed by atoms with Crippen LogP contribution in [0.15, 0.2) is 33.7 Å². The second-order valence-corrected chi connectivity index (χ2v) is 24.0. The van der Waals surface area contributed by atoms with Crippen molar-refractivity contribution < 1.29 is 133 Å². The molecule has 0 aromatic rings. The molecule has 4 amide bonds. The Bertz CT molecular complexity index is 2810. The molecule has 0 radical (unpaired) electrons. The maximum absolute atomic E-state index is 13.7. The van der Waals surface area contributed by atoms with E-state index in [1.54, 1.807) is 48.5 Å². The molecule has 97 heavy (non-hydrogen) atoms. The smallest absolute Gasteiger partial charge is 0.479 e. The molecule has 4 aliphatic rings. The van der Waals surface area contributed by atoms with Crippen molar-refractivity contribution in [3.05, 3.63) is 23.7 Å². The lowest BCUT2D eigenvalue weighted by Crippen LogP contribution is -2.60. The Morgan fingerprint density at radius 3 is 1.44 bits per heavy atom. The zero-order chi connectivity index (χ0) is 71.7. The zero-order valence-electron chi connectivity index (χ0n) is 57.1. The van der Waals surface area contributed by atoms with Crippen molar-refractivity contribution >= 4 is 71.9 Å². The Morgan fingerprint density at radius 1 is 0.588 bits per heavy atom. The quantitative estimate of drug-likeness (QED) is 0.0200. The van der Waals surface area contributed by atoms with Crippen molar-refractivity contribution in [3.63, 3.8) is 0 Å². The van der Waals surface area contributed by atoms with E-state index in [9.17, 15) is 47.9 Å². The second-order valence-electron chi connectivity index (χ2n) is 24.0. The maximum Gasteiger partial charge on any atom is 0.508 e. The first kappa shape index (κ1) is 81.1. The monoisotopic (exact) mass is 1380 g/mol. The van der Waals surface area contributed by atoms with Crippen LogP contribution in [0.4, 0.5) is 19.2 Å². The van der Waals surface area contributed by atoms with Crippen LogP contribution in [0.1, 0.15) is 101 Å². The summed E-state index contributed by atoms with van der Waals surface area (Å²) in [5.41, 5.74) is -1.67. The summed E-state index contributed by atoms with van der Waals surface area (Å²) in [5, 5.41) is 7.75. The summed E-state index contributed by atoms with van der Waals surface area (Å²) in [5.74, 6) is -3.17. The normalized spacial score (nSPS) is 21.5. The third-order valence-corrected chi connectivity index (χ3v) is 13.7. The summed E-state index contributed by atoms with van der Waals surface area (Å²) < 4.78 is 98.8. The van der Waals surface area contributed by atoms with Gasteiger partial charge in [0.2, 0.25) is 23.3 Å². The summed E-state index contributed by atoms with van der Waals surface area (Å²) in [6.45, 7) is 17.4. The van der Waals surface area contributed by atoms with Crippen LogP contribution >= 0.6 is 0 Å². The van der Waals surface area contributed by atoms with E-state index >= 15 is 0 Å². The van der Waals surface area contributed by atoms with Crippen molar-refractivity contribution in [1.82, 2.24) is 20.9 Å². The fourth-order valence-electron chi connectivity index (χ4n) is 9.47. The number of terminal acetylenes is 1. The van der Waals surface area contributed by atoms with Gasteiger partial charge in [-0.15, -0.1) is 6.42 Å². The van der Waals surface area contributed by atoms with Crippen LogP contribution in [-0.4, -0.2) is 263 Å². The van der Waals surface area contributed by atoms with Gasteiger partial charge in [0, 0.05) is 52.0 Å².